The van der Waals surface area contributed by atoms with E-state index in [-0.39, 0.29) is 18.9 Å². The Labute approximate surface area is 133 Å². The minimum atomic E-state index is -1.65. The molecule has 0 saturated carbocycles. The van der Waals surface area contributed by atoms with Gasteiger partial charge in [0, 0.05) is 25.9 Å². The van der Waals surface area contributed by atoms with E-state index in [0.29, 0.717) is 19.0 Å². The molecule has 1 aromatic carbocycles. The molecule has 0 bridgehead atoms. The number of carboxylic acids is 1. The van der Waals surface area contributed by atoms with Crippen molar-refractivity contribution in [1.29, 1.82) is 0 Å². The van der Waals surface area contributed by atoms with Crippen LogP contribution in [0.15, 0.2) is 30.3 Å². The highest BCUT2D eigenvalue weighted by molar-refractivity contribution is 5.77. The smallest absolute Gasteiger partial charge is 0.335 e. The maximum absolute atomic E-state index is 11.1. The molecule has 0 spiro atoms. The summed E-state index contributed by atoms with van der Waals surface area (Å²) >= 11 is 0. The van der Waals surface area contributed by atoms with Crippen molar-refractivity contribution < 1.29 is 15.0 Å². The number of anilines is 1. The van der Waals surface area contributed by atoms with Gasteiger partial charge in [-0.1, -0.05) is 35.4 Å². The quantitative estimate of drug-likeness (QED) is 0.855. The fraction of sp³-hybridized carbons (Fsp3) is 0.467. The van der Waals surface area contributed by atoms with Crippen molar-refractivity contribution in [2.45, 2.75) is 31.4 Å². The largest absolute Gasteiger partial charge is 0.479 e. The van der Waals surface area contributed by atoms with Crippen LogP contribution in [0.4, 0.5) is 5.95 Å². The van der Waals surface area contributed by atoms with Crippen LogP contribution in [0.3, 0.4) is 0 Å². The van der Waals surface area contributed by atoms with Crippen LogP contribution in [-0.4, -0.2) is 55.1 Å². The number of hydrogen-bond donors (Lipinski definition) is 2. The molecule has 23 heavy (non-hydrogen) atoms. The molecule has 1 aliphatic heterocycles. The van der Waals surface area contributed by atoms with E-state index in [1.54, 1.807) is 4.68 Å². The number of piperidine rings is 1. The van der Waals surface area contributed by atoms with Crippen molar-refractivity contribution >= 4 is 11.9 Å². The standard InChI is InChI=1S/C15H19N5O3/c1-11(12-5-3-2-4-6-12)20-14(16-17-18-20)19-9-7-15(23,8-10-19)13(21)22/h2-6,11,23H,7-10H2,1H3,(H,21,22)/t11-/m0/s1. The normalized spacial score (nSPS) is 18.6. The van der Waals surface area contributed by atoms with Gasteiger partial charge in [-0.25, -0.2) is 9.48 Å². The van der Waals surface area contributed by atoms with Gasteiger partial charge < -0.3 is 15.1 Å². The second-order valence-corrected chi connectivity index (χ2v) is 5.83. The first kappa shape index (κ1) is 15.4. The Morgan fingerprint density at radius 3 is 2.52 bits per heavy atom. The summed E-state index contributed by atoms with van der Waals surface area (Å²) in [7, 11) is 0. The molecule has 0 unspecified atom stereocenters. The topological polar surface area (TPSA) is 104 Å². The van der Waals surface area contributed by atoms with Crippen LogP contribution in [0.2, 0.25) is 0 Å². The highest BCUT2D eigenvalue weighted by Gasteiger charge is 2.40. The van der Waals surface area contributed by atoms with E-state index in [1.165, 1.54) is 0 Å². The number of aliphatic hydroxyl groups is 1. The molecule has 0 amide bonds. The lowest BCUT2D eigenvalue weighted by atomic mass is 9.92. The SMILES string of the molecule is C[C@@H](c1ccccc1)n1nnnc1N1CCC(O)(C(=O)O)CC1. The monoisotopic (exact) mass is 317 g/mol. The molecule has 1 saturated heterocycles. The third-order valence-corrected chi connectivity index (χ3v) is 4.40. The van der Waals surface area contributed by atoms with E-state index in [9.17, 15) is 9.90 Å². The van der Waals surface area contributed by atoms with Crippen molar-refractivity contribution in [3.8, 4) is 0 Å². The molecule has 2 aromatic rings. The van der Waals surface area contributed by atoms with Crippen molar-refractivity contribution in [3.05, 3.63) is 35.9 Å². The molecule has 1 fully saturated rings. The van der Waals surface area contributed by atoms with Gasteiger partial charge in [-0.2, -0.15) is 0 Å². The zero-order valence-electron chi connectivity index (χ0n) is 12.8. The predicted molar refractivity (Wildman–Crippen MR) is 82.1 cm³/mol. The first-order valence-electron chi connectivity index (χ1n) is 7.55. The molecular formula is C15H19N5O3. The molecule has 0 aliphatic carbocycles. The van der Waals surface area contributed by atoms with Crippen LogP contribution in [-0.2, 0) is 4.79 Å². The van der Waals surface area contributed by atoms with Crippen LogP contribution >= 0.6 is 0 Å². The van der Waals surface area contributed by atoms with Crippen LogP contribution in [0.1, 0.15) is 31.4 Å². The maximum Gasteiger partial charge on any atom is 0.335 e. The number of hydrogen-bond acceptors (Lipinski definition) is 6. The molecule has 8 heteroatoms. The van der Waals surface area contributed by atoms with Gasteiger partial charge in [0.2, 0.25) is 5.95 Å². The Hall–Kier alpha value is -2.48. The van der Waals surface area contributed by atoms with Crippen LogP contribution < -0.4 is 4.90 Å². The lowest BCUT2D eigenvalue weighted by Gasteiger charge is -2.35. The van der Waals surface area contributed by atoms with E-state index in [1.807, 2.05) is 42.2 Å². The fourth-order valence-electron chi connectivity index (χ4n) is 2.81. The van der Waals surface area contributed by atoms with Crippen molar-refractivity contribution in [2.75, 3.05) is 18.0 Å². The van der Waals surface area contributed by atoms with Crippen molar-refractivity contribution in [3.63, 3.8) is 0 Å². The Kier molecular flexibility index (Phi) is 3.99. The third-order valence-electron chi connectivity index (χ3n) is 4.40. The first-order valence-corrected chi connectivity index (χ1v) is 7.55. The van der Waals surface area contributed by atoms with Crippen LogP contribution in [0.25, 0.3) is 0 Å². The molecule has 1 aromatic heterocycles. The van der Waals surface area contributed by atoms with Gasteiger partial charge >= 0.3 is 5.97 Å². The van der Waals surface area contributed by atoms with Crippen LogP contribution in [0.5, 0.6) is 0 Å². The highest BCUT2D eigenvalue weighted by Crippen LogP contribution is 2.27. The van der Waals surface area contributed by atoms with Crippen LogP contribution in [0, 0.1) is 0 Å². The summed E-state index contributed by atoms with van der Waals surface area (Å²) in [5.74, 6) is -0.580. The molecule has 2 N–H and O–H groups in total. The van der Waals surface area contributed by atoms with E-state index in [4.69, 9.17) is 5.11 Å². The van der Waals surface area contributed by atoms with E-state index in [0.717, 1.165) is 5.56 Å². The zero-order valence-corrected chi connectivity index (χ0v) is 12.8. The van der Waals surface area contributed by atoms with Crippen molar-refractivity contribution in [2.24, 2.45) is 0 Å². The van der Waals surface area contributed by atoms with E-state index >= 15 is 0 Å². The number of rotatable bonds is 4. The number of aliphatic carboxylic acids is 1. The fourth-order valence-corrected chi connectivity index (χ4v) is 2.81. The zero-order chi connectivity index (χ0) is 16.4. The number of aromatic nitrogens is 4. The summed E-state index contributed by atoms with van der Waals surface area (Å²) in [6.45, 7) is 2.79. The lowest BCUT2D eigenvalue weighted by Crippen LogP contribution is -2.50. The highest BCUT2D eigenvalue weighted by atomic mass is 16.4. The van der Waals surface area contributed by atoms with Gasteiger partial charge in [0.15, 0.2) is 5.60 Å². The molecule has 3 rings (SSSR count). The number of carboxylic acid groups (broad SMARTS) is 1. The maximum atomic E-state index is 11.1. The minimum absolute atomic E-state index is 0.0403. The summed E-state index contributed by atoms with van der Waals surface area (Å²) in [5, 5.41) is 31.0. The number of nitrogens with zero attached hydrogens (tertiary/aromatic N) is 5. The summed E-state index contributed by atoms with van der Waals surface area (Å²) in [5.41, 5.74) is -0.570. The Morgan fingerprint density at radius 1 is 1.26 bits per heavy atom. The van der Waals surface area contributed by atoms with Gasteiger partial charge in [-0.3, -0.25) is 0 Å². The predicted octanol–water partition coefficient (Wildman–Crippen LogP) is 0.698. The van der Waals surface area contributed by atoms with E-state index < -0.39 is 11.6 Å². The molecular weight excluding hydrogens is 298 g/mol. The average Bonchev–Trinajstić information content (AvgIpc) is 3.05. The molecule has 122 valence electrons. The van der Waals surface area contributed by atoms with Gasteiger partial charge in [-0.15, -0.1) is 0 Å². The lowest BCUT2D eigenvalue weighted by molar-refractivity contribution is -0.160. The number of carbonyl (C=O) groups is 1. The summed E-state index contributed by atoms with van der Waals surface area (Å²) in [4.78, 5) is 13.0. The third kappa shape index (κ3) is 2.89. The number of benzene rings is 1. The second kappa shape index (κ2) is 5.96. The molecule has 1 aliphatic rings. The molecule has 8 nitrogen and oxygen atoms in total. The van der Waals surface area contributed by atoms with Gasteiger partial charge in [0.25, 0.3) is 0 Å². The first-order chi connectivity index (χ1) is 11.0. The van der Waals surface area contributed by atoms with Crippen molar-refractivity contribution in [1.82, 2.24) is 20.2 Å². The summed E-state index contributed by atoms with van der Waals surface area (Å²) in [6, 6.07) is 9.86. The summed E-state index contributed by atoms with van der Waals surface area (Å²) in [6.07, 6.45) is 0.295. The molecule has 0 radical (unpaired) electrons. The summed E-state index contributed by atoms with van der Waals surface area (Å²) < 4.78 is 1.72. The molecule has 2 heterocycles. The Balaban J connectivity index is 1.79. The van der Waals surface area contributed by atoms with Gasteiger partial charge in [0.1, 0.15) is 0 Å². The number of tetrazole rings is 1. The van der Waals surface area contributed by atoms with E-state index in [2.05, 4.69) is 15.5 Å². The molecule has 1 atom stereocenters. The Bertz CT molecular complexity index is 679. The Morgan fingerprint density at radius 2 is 1.91 bits per heavy atom. The minimum Gasteiger partial charge on any atom is -0.479 e. The average molecular weight is 317 g/mol. The second-order valence-electron chi connectivity index (χ2n) is 5.83. The van der Waals surface area contributed by atoms with Gasteiger partial charge in [0.05, 0.1) is 6.04 Å². The van der Waals surface area contributed by atoms with Gasteiger partial charge in [-0.05, 0) is 22.9 Å².